The van der Waals surface area contributed by atoms with Crippen molar-refractivity contribution in [3.8, 4) is 5.69 Å². The second-order valence-corrected chi connectivity index (χ2v) is 8.03. The second kappa shape index (κ2) is 6.39. The highest BCUT2D eigenvalue weighted by Crippen LogP contribution is 2.55. The summed E-state index contributed by atoms with van der Waals surface area (Å²) in [5.74, 6) is 0.665. The summed E-state index contributed by atoms with van der Waals surface area (Å²) in [4.78, 5) is 13.0. The van der Waals surface area contributed by atoms with Crippen LogP contribution in [0.4, 0.5) is 5.69 Å². The lowest BCUT2D eigenvalue weighted by atomic mass is 9.95. The average molecular weight is 398 g/mol. The molecule has 5 rings (SSSR count). The third-order valence-electron chi connectivity index (χ3n) is 5.57. The number of rotatable bonds is 3. The fourth-order valence-electron chi connectivity index (χ4n) is 4.45. The minimum absolute atomic E-state index is 0.172. The first-order valence-electron chi connectivity index (χ1n) is 9.06. The number of amides is 1. The van der Waals surface area contributed by atoms with E-state index in [1.165, 1.54) is 0 Å². The first-order valence-corrected chi connectivity index (χ1v) is 9.82. The molecule has 6 heteroatoms. The number of hydrogen-bond acceptors (Lipinski definition) is 2. The van der Waals surface area contributed by atoms with Crippen LogP contribution in [0, 0.1) is 0 Å². The zero-order valence-electron chi connectivity index (χ0n) is 14.5. The molecule has 1 heterocycles. The summed E-state index contributed by atoms with van der Waals surface area (Å²) >= 11 is 12.5. The fourth-order valence-corrected chi connectivity index (χ4v) is 4.94. The van der Waals surface area contributed by atoms with Crippen molar-refractivity contribution in [2.24, 2.45) is 0 Å². The number of nitrogens with zero attached hydrogens (tertiary/aromatic N) is 2. The molecular formula is C21H17Cl2N3O. The van der Waals surface area contributed by atoms with E-state index in [9.17, 15) is 4.79 Å². The third-order valence-corrected chi connectivity index (χ3v) is 6.11. The van der Waals surface area contributed by atoms with Gasteiger partial charge in [0.1, 0.15) is 0 Å². The lowest BCUT2D eigenvalue weighted by molar-refractivity contribution is 0.102. The molecule has 0 spiro atoms. The lowest BCUT2D eigenvalue weighted by Gasteiger charge is -2.14. The molecule has 0 radical (unpaired) electrons. The van der Waals surface area contributed by atoms with Crippen LogP contribution in [0.25, 0.3) is 5.69 Å². The van der Waals surface area contributed by atoms with Crippen LogP contribution in [0.3, 0.4) is 0 Å². The van der Waals surface area contributed by atoms with Gasteiger partial charge in [-0.3, -0.25) is 4.79 Å². The van der Waals surface area contributed by atoms with Gasteiger partial charge < -0.3 is 5.32 Å². The number of carbonyl (C=O) groups is 1. The molecule has 2 atom stereocenters. The van der Waals surface area contributed by atoms with E-state index in [2.05, 4.69) is 5.32 Å². The molecule has 2 aliphatic rings. The van der Waals surface area contributed by atoms with Gasteiger partial charge in [-0.15, -0.1) is 0 Å². The Morgan fingerprint density at radius 2 is 1.85 bits per heavy atom. The molecule has 1 saturated carbocycles. The maximum absolute atomic E-state index is 13.0. The van der Waals surface area contributed by atoms with Gasteiger partial charge in [0, 0.05) is 22.2 Å². The quantitative estimate of drug-likeness (QED) is 0.607. The average Bonchev–Trinajstić information content (AvgIpc) is 3.35. The number of aromatic nitrogens is 2. The molecule has 3 aromatic rings. The van der Waals surface area contributed by atoms with Crippen LogP contribution in [-0.2, 0) is 0 Å². The summed E-state index contributed by atoms with van der Waals surface area (Å²) in [5, 5.41) is 8.79. The van der Waals surface area contributed by atoms with E-state index < -0.39 is 0 Å². The van der Waals surface area contributed by atoms with Crippen molar-refractivity contribution in [2.75, 3.05) is 5.32 Å². The molecular weight excluding hydrogens is 381 g/mol. The zero-order valence-corrected chi connectivity index (χ0v) is 16.0. The van der Waals surface area contributed by atoms with E-state index in [1.54, 1.807) is 12.1 Å². The summed E-state index contributed by atoms with van der Waals surface area (Å²) in [7, 11) is 0. The SMILES string of the molecule is O=C(Nc1ccccc1)c1nn(-c2ccc(Cl)cc2Cl)c2c1C1CCC2C1. The normalized spacial score (nSPS) is 19.9. The zero-order chi connectivity index (χ0) is 18.5. The molecule has 4 nitrogen and oxygen atoms in total. The van der Waals surface area contributed by atoms with E-state index in [4.69, 9.17) is 28.3 Å². The lowest BCUT2D eigenvalue weighted by Crippen LogP contribution is -2.15. The number of fused-ring (bicyclic) bond motifs is 5. The van der Waals surface area contributed by atoms with Gasteiger partial charge in [0.05, 0.1) is 16.4 Å². The summed E-state index contributed by atoms with van der Waals surface area (Å²) in [5.41, 5.74) is 4.26. The number of nitrogens with one attached hydrogen (secondary N) is 1. The van der Waals surface area contributed by atoms with E-state index in [-0.39, 0.29) is 5.91 Å². The summed E-state index contributed by atoms with van der Waals surface area (Å²) in [6.07, 6.45) is 3.33. The van der Waals surface area contributed by atoms with Gasteiger partial charge in [0.15, 0.2) is 5.69 Å². The van der Waals surface area contributed by atoms with Crippen LogP contribution < -0.4 is 5.32 Å². The first-order chi connectivity index (χ1) is 13.1. The topological polar surface area (TPSA) is 46.9 Å². The number of halogens is 2. The summed E-state index contributed by atoms with van der Waals surface area (Å²) in [6, 6.07) is 14.8. The van der Waals surface area contributed by atoms with E-state index in [0.29, 0.717) is 27.6 Å². The minimum Gasteiger partial charge on any atom is -0.321 e. The number of benzene rings is 2. The molecule has 136 valence electrons. The van der Waals surface area contributed by atoms with Crippen molar-refractivity contribution in [3.05, 3.63) is 75.5 Å². The Balaban J connectivity index is 1.61. The van der Waals surface area contributed by atoms with Gasteiger partial charge in [0.2, 0.25) is 0 Å². The van der Waals surface area contributed by atoms with Crippen molar-refractivity contribution in [2.45, 2.75) is 31.1 Å². The van der Waals surface area contributed by atoms with Gasteiger partial charge in [-0.05, 0) is 55.5 Å². The van der Waals surface area contributed by atoms with E-state index in [0.717, 1.165) is 41.9 Å². The summed E-state index contributed by atoms with van der Waals surface area (Å²) in [6.45, 7) is 0. The van der Waals surface area contributed by atoms with Crippen LogP contribution in [0.15, 0.2) is 48.5 Å². The van der Waals surface area contributed by atoms with Gasteiger partial charge in [-0.1, -0.05) is 41.4 Å². The highest BCUT2D eigenvalue weighted by Gasteiger charge is 2.44. The molecule has 0 aliphatic heterocycles. The van der Waals surface area contributed by atoms with Crippen LogP contribution in [0.1, 0.15) is 52.8 Å². The number of anilines is 1. The Kier molecular flexibility index (Phi) is 3.99. The largest absolute Gasteiger partial charge is 0.321 e. The van der Waals surface area contributed by atoms with Crippen LogP contribution in [0.2, 0.25) is 10.0 Å². The molecule has 2 bridgehead atoms. The third kappa shape index (κ3) is 2.75. The Labute approximate surface area is 167 Å². The maximum Gasteiger partial charge on any atom is 0.276 e. The molecule has 1 fully saturated rings. The van der Waals surface area contributed by atoms with Crippen LogP contribution in [-0.4, -0.2) is 15.7 Å². The van der Waals surface area contributed by atoms with Crippen LogP contribution >= 0.6 is 23.2 Å². The first kappa shape index (κ1) is 16.8. The predicted octanol–water partition coefficient (Wildman–Crippen LogP) is 5.80. The van der Waals surface area contributed by atoms with Crippen LogP contribution in [0.5, 0.6) is 0 Å². The Morgan fingerprint density at radius 1 is 1.07 bits per heavy atom. The highest BCUT2D eigenvalue weighted by molar-refractivity contribution is 6.35. The molecule has 1 aromatic heterocycles. The number of carbonyl (C=O) groups excluding carboxylic acids is 1. The monoisotopic (exact) mass is 397 g/mol. The Hall–Kier alpha value is -2.30. The molecule has 2 aliphatic carbocycles. The minimum atomic E-state index is -0.172. The Bertz CT molecular complexity index is 1050. The number of hydrogen-bond donors (Lipinski definition) is 1. The van der Waals surface area contributed by atoms with Gasteiger partial charge in [-0.25, -0.2) is 4.68 Å². The van der Waals surface area contributed by atoms with Crippen molar-refractivity contribution in [1.82, 2.24) is 9.78 Å². The smallest absolute Gasteiger partial charge is 0.276 e. The van der Waals surface area contributed by atoms with E-state index >= 15 is 0 Å². The molecule has 0 saturated heterocycles. The molecule has 1 N–H and O–H groups in total. The van der Waals surface area contributed by atoms with Gasteiger partial charge in [0.25, 0.3) is 5.91 Å². The molecule has 1 amide bonds. The molecule has 2 aromatic carbocycles. The molecule has 2 unspecified atom stereocenters. The second-order valence-electron chi connectivity index (χ2n) is 7.18. The van der Waals surface area contributed by atoms with Crippen molar-refractivity contribution in [1.29, 1.82) is 0 Å². The van der Waals surface area contributed by atoms with Crippen molar-refractivity contribution in [3.63, 3.8) is 0 Å². The van der Waals surface area contributed by atoms with Gasteiger partial charge >= 0.3 is 0 Å². The predicted molar refractivity (Wildman–Crippen MR) is 107 cm³/mol. The molecule has 27 heavy (non-hydrogen) atoms. The van der Waals surface area contributed by atoms with E-state index in [1.807, 2.05) is 41.1 Å². The maximum atomic E-state index is 13.0. The fraction of sp³-hybridized carbons (Fsp3) is 0.238. The summed E-state index contributed by atoms with van der Waals surface area (Å²) < 4.78 is 1.86. The number of para-hydroxylation sites is 1. The van der Waals surface area contributed by atoms with Crippen molar-refractivity contribution >= 4 is 34.8 Å². The van der Waals surface area contributed by atoms with Crippen molar-refractivity contribution < 1.29 is 4.79 Å². The van der Waals surface area contributed by atoms with Gasteiger partial charge in [-0.2, -0.15) is 5.10 Å². The Morgan fingerprint density at radius 3 is 2.63 bits per heavy atom. The standard InChI is InChI=1S/C21H17Cl2N3O/c22-14-8-9-17(16(23)11-14)26-20-13-7-6-12(10-13)18(20)19(25-26)21(27)24-15-4-2-1-3-5-15/h1-5,8-9,11-13H,6-7,10H2,(H,24,27). The highest BCUT2D eigenvalue weighted by atomic mass is 35.5.